The van der Waals surface area contributed by atoms with Crippen molar-refractivity contribution in [1.29, 1.82) is 0 Å². The number of hydrogen-bond donors (Lipinski definition) is 1. The Morgan fingerprint density at radius 3 is 3.00 bits per heavy atom. The highest BCUT2D eigenvalue weighted by Crippen LogP contribution is 2.21. The molecule has 0 aliphatic carbocycles. The normalized spacial score (nSPS) is 13.1. The topological polar surface area (TPSA) is 61.1 Å². The third kappa shape index (κ3) is 1.60. The van der Waals surface area contributed by atoms with E-state index in [2.05, 4.69) is 10.1 Å². The van der Waals surface area contributed by atoms with Crippen LogP contribution in [0.4, 0.5) is 0 Å². The van der Waals surface area contributed by atoms with Crippen LogP contribution in [-0.4, -0.2) is 19.2 Å². The van der Waals surface area contributed by atoms with E-state index in [0.717, 1.165) is 16.8 Å². The van der Waals surface area contributed by atoms with Gasteiger partial charge in [0.2, 0.25) is 0 Å². The van der Waals surface area contributed by atoms with Crippen LogP contribution in [0.5, 0.6) is 0 Å². The van der Waals surface area contributed by atoms with Gasteiger partial charge in [-0.25, -0.2) is 9.50 Å². The number of nitrogens with zero attached hydrogens (tertiary/aromatic N) is 4. The number of hydrogen-bond acceptors (Lipinski definition) is 3. The molecule has 0 aromatic carbocycles. The third-order valence-corrected chi connectivity index (χ3v) is 2.83. The molecule has 0 aliphatic rings. The van der Waals surface area contributed by atoms with Gasteiger partial charge in [0.25, 0.3) is 0 Å². The van der Waals surface area contributed by atoms with Crippen molar-refractivity contribution in [2.45, 2.75) is 6.04 Å². The molecule has 3 aromatic heterocycles. The van der Waals surface area contributed by atoms with E-state index >= 15 is 0 Å². The van der Waals surface area contributed by atoms with E-state index in [0.29, 0.717) is 0 Å². The van der Waals surface area contributed by atoms with Crippen molar-refractivity contribution in [3.05, 3.63) is 54.4 Å². The van der Waals surface area contributed by atoms with E-state index in [1.54, 1.807) is 12.5 Å². The zero-order valence-corrected chi connectivity index (χ0v) is 9.49. The molecular weight excluding hydrogens is 214 g/mol. The molecule has 0 aliphatic heterocycles. The molecule has 5 heteroatoms. The molecule has 0 bridgehead atoms. The summed E-state index contributed by atoms with van der Waals surface area (Å²) in [5.41, 5.74) is 9.07. The molecule has 3 aromatic rings. The molecule has 0 saturated heterocycles. The van der Waals surface area contributed by atoms with Gasteiger partial charge in [0.05, 0.1) is 29.8 Å². The molecular formula is C12H13N5. The first-order valence-electron chi connectivity index (χ1n) is 5.41. The van der Waals surface area contributed by atoms with Gasteiger partial charge in [-0.05, 0) is 12.1 Å². The molecule has 0 amide bonds. The molecule has 0 radical (unpaired) electrons. The van der Waals surface area contributed by atoms with Crippen LogP contribution in [0.2, 0.25) is 0 Å². The van der Waals surface area contributed by atoms with Crippen LogP contribution >= 0.6 is 0 Å². The van der Waals surface area contributed by atoms with Crippen molar-refractivity contribution in [3.63, 3.8) is 0 Å². The predicted molar refractivity (Wildman–Crippen MR) is 64.4 cm³/mol. The molecule has 86 valence electrons. The number of imidazole rings is 1. The quantitative estimate of drug-likeness (QED) is 0.713. The van der Waals surface area contributed by atoms with Crippen molar-refractivity contribution in [3.8, 4) is 0 Å². The lowest BCUT2D eigenvalue weighted by atomic mass is 10.1. The Bertz CT molecular complexity index is 652. The van der Waals surface area contributed by atoms with Crippen LogP contribution in [0, 0.1) is 0 Å². The Balaban J connectivity index is 2.09. The lowest BCUT2D eigenvalue weighted by Gasteiger charge is -2.06. The van der Waals surface area contributed by atoms with Crippen molar-refractivity contribution < 1.29 is 0 Å². The lowest BCUT2D eigenvalue weighted by molar-refractivity contribution is 0.841. The standard InChI is InChI=1S/C12H13N5/c1-16-7-10(14-8-16)12(13)9-6-15-17-5-3-2-4-11(9)17/h2-8,12H,13H2,1H3. The third-order valence-electron chi connectivity index (χ3n) is 2.83. The van der Waals surface area contributed by atoms with Gasteiger partial charge in [-0.2, -0.15) is 5.10 Å². The van der Waals surface area contributed by atoms with Gasteiger partial charge in [-0.1, -0.05) is 6.07 Å². The van der Waals surface area contributed by atoms with Gasteiger partial charge in [0.15, 0.2) is 0 Å². The van der Waals surface area contributed by atoms with Crippen LogP contribution in [0.3, 0.4) is 0 Å². The number of fused-ring (bicyclic) bond motifs is 1. The Hall–Kier alpha value is -2.14. The minimum atomic E-state index is -0.240. The number of aryl methyl sites for hydroxylation is 1. The first kappa shape index (κ1) is 10.0. The summed E-state index contributed by atoms with van der Waals surface area (Å²) < 4.78 is 3.71. The van der Waals surface area contributed by atoms with Gasteiger partial charge in [0.1, 0.15) is 0 Å². The predicted octanol–water partition coefficient (Wildman–Crippen LogP) is 1.12. The van der Waals surface area contributed by atoms with Crippen LogP contribution in [0.15, 0.2) is 43.1 Å². The summed E-state index contributed by atoms with van der Waals surface area (Å²) >= 11 is 0. The van der Waals surface area contributed by atoms with Gasteiger partial charge in [-0.3, -0.25) is 0 Å². The fourth-order valence-electron chi connectivity index (χ4n) is 1.95. The lowest BCUT2D eigenvalue weighted by Crippen LogP contribution is -2.12. The van der Waals surface area contributed by atoms with Crippen molar-refractivity contribution in [2.75, 3.05) is 0 Å². The maximum atomic E-state index is 6.21. The molecule has 1 unspecified atom stereocenters. The maximum Gasteiger partial charge on any atom is 0.0947 e. The number of pyridine rings is 1. The highest BCUT2D eigenvalue weighted by atomic mass is 15.2. The van der Waals surface area contributed by atoms with E-state index in [4.69, 9.17) is 5.73 Å². The maximum absolute atomic E-state index is 6.21. The second kappa shape index (κ2) is 3.71. The van der Waals surface area contributed by atoms with Gasteiger partial charge in [0, 0.05) is 25.0 Å². The van der Waals surface area contributed by atoms with Crippen LogP contribution in [0.1, 0.15) is 17.3 Å². The molecule has 0 saturated carbocycles. The minimum absolute atomic E-state index is 0.240. The molecule has 17 heavy (non-hydrogen) atoms. The Labute approximate surface area is 98.5 Å². The number of nitrogens with two attached hydrogens (primary N) is 1. The summed E-state index contributed by atoms with van der Waals surface area (Å²) in [7, 11) is 1.93. The minimum Gasteiger partial charge on any atom is -0.340 e. The zero-order valence-electron chi connectivity index (χ0n) is 9.49. The van der Waals surface area contributed by atoms with Gasteiger partial charge < -0.3 is 10.3 Å². The van der Waals surface area contributed by atoms with E-state index in [1.165, 1.54) is 0 Å². The molecule has 3 rings (SSSR count). The van der Waals surface area contributed by atoms with Crippen molar-refractivity contribution in [1.82, 2.24) is 19.2 Å². The van der Waals surface area contributed by atoms with E-state index in [9.17, 15) is 0 Å². The summed E-state index contributed by atoms with van der Waals surface area (Å²) in [6, 6.07) is 5.68. The summed E-state index contributed by atoms with van der Waals surface area (Å²) in [6.07, 6.45) is 7.39. The second-order valence-corrected chi connectivity index (χ2v) is 4.07. The highest BCUT2D eigenvalue weighted by Gasteiger charge is 2.15. The fourth-order valence-corrected chi connectivity index (χ4v) is 1.95. The van der Waals surface area contributed by atoms with E-state index < -0.39 is 0 Å². The first-order valence-corrected chi connectivity index (χ1v) is 5.41. The van der Waals surface area contributed by atoms with Crippen molar-refractivity contribution in [2.24, 2.45) is 12.8 Å². The van der Waals surface area contributed by atoms with Crippen LogP contribution < -0.4 is 5.73 Å². The van der Waals surface area contributed by atoms with Gasteiger partial charge in [-0.15, -0.1) is 0 Å². The van der Waals surface area contributed by atoms with Crippen LogP contribution in [-0.2, 0) is 7.05 Å². The zero-order chi connectivity index (χ0) is 11.8. The van der Waals surface area contributed by atoms with E-state index in [-0.39, 0.29) is 6.04 Å². The van der Waals surface area contributed by atoms with Gasteiger partial charge >= 0.3 is 0 Å². The molecule has 0 spiro atoms. The molecule has 2 N–H and O–H groups in total. The molecule has 1 atom stereocenters. The number of aromatic nitrogens is 4. The second-order valence-electron chi connectivity index (χ2n) is 4.07. The fraction of sp³-hybridized carbons (Fsp3) is 0.167. The Morgan fingerprint density at radius 1 is 1.35 bits per heavy atom. The summed E-state index contributed by atoms with van der Waals surface area (Å²) in [4.78, 5) is 4.28. The van der Waals surface area contributed by atoms with Crippen molar-refractivity contribution >= 4 is 5.52 Å². The largest absolute Gasteiger partial charge is 0.340 e. The average molecular weight is 227 g/mol. The SMILES string of the molecule is Cn1cnc(C(N)c2cnn3ccccc23)c1. The van der Waals surface area contributed by atoms with E-state index in [1.807, 2.05) is 46.7 Å². The average Bonchev–Trinajstić information content (AvgIpc) is 2.94. The molecule has 5 nitrogen and oxygen atoms in total. The smallest absolute Gasteiger partial charge is 0.0947 e. The number of rotatable bonds is 2. The summed E-state index contributed by atoms with van der Waals surface area (Å²) in [5.74, 6) is 0. The monoisotopic (exact) mass is 227 g/mol. The Morgan fingerprint density at radius 2 is 2.24 bits per heavy atom. The Kier molecular flexibility index (Phi) is 2.19. The van der Waals surface area contributed by atoms with Crippen LogP contribution in [0.25, 0.3) is 5.52 Å². The molecule has 0 fully saturated rings. The first-order chi connectivity index (χ1) is 8.25. The highest BCUT2D eigenvalue weighted by molar-refractivity contribution is 5.56. The summed E-state index contributed by atoms with van der Waals surface area (Å²) in [5, 5.41) is 4.27. The summed E-state index contributed by atoms with van der Waals surface area (Å²) in [6.45, 7) is 0. The molecule has 3 heterocycles.